The Morgan fingerprint density at radius 1 is 1.11 bits per heavy atom. The van der Waals surface area contributed by atoms with Gasteiger partial charge in [-0.15, -0.1) is 0 Å². The summed E-state index contributed by atoms with van der Waals surface area (Å²) in [6.45, 7) is 4.39. The summed E-state index contributed by atoms with van der Waals surface area (Å²) in [6, 6.07) is 8.50. The van der Waals surface area contributed by atoms with Crippen LogP contribution in [0.25, 0.3) is 0 Å². The van der Waals surface area contributed by atoms with Crippen molar-refractivity contribution in [3.8, 4) is 12.1 Å². The SMILES string of the molecule is N#CCN1CCN(Cc2cc(F)ccc2C#N)CC1. The molecule has 5 heteroatoms. The molecule has 0 aliphatic carbocycles. The van der Waals surface area contributed by atoms with Crippen molar-refractivity contribution in [1.29, 1.82) is 10.5 Å². The number of nitriles is 2. The van der Waals surface area contributed by atoms with Crippen LogP contribution in [0.1, 0.15) is 11.1 Å². The van der Waals surface area contributed by atoms with Gasteiger partial charge in [0.1, 0.15) is 5.82 Å². The minimum atomic E-state index is -0.308. The van der Waals surface area contributed by atoms with E-state index in [0.29, 0.717) is 18.7 Å². The third kappa shape index (κ3) is 3.51. The molecule has 1 fully saturated rings. The van der Waals surface area contributed by atoms with E-state index in [-0.39, 0.29) is 5.82 Å². The van der Waals surface area contributed by atoms with E-state index >= 15 is 0 Å². The van der Waals surface area contributed by atoms with Crippen molar-refractivity contribution in [3.05, 3.63) is 35.1 Å². The molecular formula is C14H15FN4. The lowest BCUT2D eigenvalue weighted by molar-refractivity contribution is 0.138. The molecule has 0 aromatic heterocycles. The molecule has 98 valence electrons. The maximum Gasteiger partial charge on any atom is 0.123 e. The average Bonchev–Trinajstić information content (AvgIpc) is 2.42. The zero-order valence-corrected chi connectivity index (χ0v) is 10.6. The van der Waals surface area contributed by atoms with Crippen LogP contribution in [0.5, 0.6) is 0 Å². The Hall–Kier alpha value is -1.95. The molecule has 0 saturated carbocycles. The minimum absolute atomic E-state index is 0.308. The Bertz CT molecular complexity index is 521. The molecule has 0 bridgehead atoms. The summed E-state index contributed by atoms with van der Waals surface area (Å²) in [5.41, 5.74) is 1.26. The highest BCUT2D eigenvalue weighted by molar-refractivity contribution is 5.37. The topological polar surface area (TPSA) is 54.1 Å². The lowest BCUT2D eigenvalue weighted by Crippen LogP contribution is -2.45. The van der Waals surface area contributed by atoms with Crippen molar-refractivity contribution in [2.24, 2.45) is 0 Å². The Kier molecular flexibility index (Phi) is 4.46. The summed E-state index contributed by atoms with van der Waals surface area (Å²) >= 11 is 0. The van der Waals surface area contributed by atoms with Gasteiger partial charge in [-0.1, -0.05) is 0 Å². The molecule has 2 rings (SSSR count). The van der Waals surface area contributed by atoms with Crippen LogP contribution in [0.15, 0.2) is 18.2 Å². The van der Waals surface area contributed by atoms with E-state index in [1.54, 1.807) is 0 Å². The van der Waals surface area contributed by atoms with Gasteiger partial charge in [0.15, 0.2) is 0 Å². The number of nitrogens with zero attached hydrogens (tertiary/aromatic N) is 4. The molecule has 1 aliphatic heterocycles. The second kappa shape index (κ2) is 6.29. The largest absolute Gasteiger partial charge is 0.296 e. The first kappa shape index (κ1) is 13.5. The average molecular weight is 258 g/mol. The first-order chi connectivity index (χ1) is 9.22. The molecule has 1 aromatic rings. The summed E-state index contributed by atoms with van der Waals surface area (Å²) in [5.74, 6) is -0.308. The Labute approximate surface area is 112 Å². The van der Waals surface area contributed by atoms with Crippen molar-refractivity contribution >= 4 is 0 Å². The number of benzene rings is 1. The van der Waals surface area contributed by atoms with E-state index in [4.69, 9.17) is 10.5 Å². The van der Waals surface area contributed by atoms with Crippen LogP contribution in [0.4, 0.5) is 4.39 Å². The van der Waals surface area contributed by atoms with Gasteiger partial charge in [-0.2, -0.15) is 10.5 Å². The Balaban J connectivity index is 1.98. The summed E-state index contributed by atoms with van der Waals surface area (Å²) in [5, 5.41) is 17.7. The second-order valence-electron chi connectivity index (χ2n) is 4.62. The third-order valence-corrected chi connectivity index (χ3v) is 3.34. The number of piperazine rings is 1. The number of halogens is 1. The van der Waals surface area contributed by atoms with Gasteiger partial charge < -0.3 is 0 Å². The normalized spacial score (nSPS) is 16.8. The summed E-state index contributed by atoms with van der Waals surface area (Å²) in [4.78, 5) is 4.27. The van der Waals surface area contributed by atoms with E-state index in [9.17, 15) is 4.39 Å². The maximum absolute atomic E-state index is 13.2. The molecule has 0 amide bonds. The predicted molar refractivity (Wildman–Crippen MR) is 68.4 cm³/mol. The molecule has 0 atom stereocenters. The number of rotatable bonds is 3. The third-order valence-electron chi connectivity index (χ3n) is 3.34. The standard InChI is InChI=1S/C14H15FN4/c15-14-2-1-12(10-17)13(9-14)11-19-7-5-18(4-3-16)6-8-19/h1-2,9H,4-8,11H2. The van der Waals surface area contributed by atoms with Crippen molar-refractivity contribution in [2.45, 2.75) is 6.54 Å². The fourth-order valence-electron chi connectivity index (χ4n) is 2.25. The maximum atomic E-state index is 13.2. The van der Waals surface area contributed by atoms with Gasteiger partial charge in [0.05, 0.1) is 24.2 Å². The molecule has 1 aromatic carbocycles. The van der Waals surface area contributed by atoms with Crippen molar-refractivity contribution in [3.63, 3.8) is 0 Å². The molecule has 1 saturated heterocycles. The van der Waals surface area contributed by atoms with E-state index in [2.05, 4.69) is 21.9 Å². The van der Waals surface area contributed by atoms with Crippen LogP contribution in [-0.4, -0.2) is 42.5 Å². The fraction of sp³-hybridized carbons (Fsp3) is 0.429. The highest BCUT2D eigenvalue weighted by atomic mass is 19.1. The van der Waals surface area contributed by atoms with Crippen molar-refractivity contribution in [1.82, 2.24) is 9.80 Å². The summed E-state index contributed by atoms with van der Waals surface area (Å²) < 4.78 is 13.2. The quantitative estimate of drug-likeness (QED) is 0.768. The zero-order valence-electron chi connectivity index (χ0n) is 10.6. The van der Waals surface area contributed by atoms with Gasteiger partial charge in [0, 0.05) is 32.7 Å². The lowest BCUT2D eigenvalue weighted by Gasteiger charge is -2.33. The van der Waals surface area contributed by atoms with Gasteiger partial charge in [0.25, 0.3) is 0 Å². The smallest absolute Gasteiger partial charge is 0.123 e. The molecular weight excluding hydrogens is 243 g/mol. The molecule has 0 radical (unpaired) electrons. The van der Waals surface area contributed by atoms with Gasteiger partial charge in [0.2, 0.25) is 0 Å². The van der Waals surface area contributed by atoms with E-state index in [0.717, 1.165) is 31.7 Å². The molecule has 4 nitrogen and oxygen atoms in total. The van der Waals surface area contributed by atoms with Gasteiger partial charge in [-0.3, -0.25) is 9.80 Å². The van der Waals surface area contributed by atoms with Gasteiger partial charge in [-0.25, -0.2) is 4.39 Å². The minimum Gasteiger partial charge on any atom is -0.296 e. The molecule has 19 heavy (non-hydrogen) atoms. The second-order valence-corrected chi connectivity index (χ2v) is 4.62. The molecule has 1 aliphatic rings. The van der Waals surface area contributed by atoms with Crippen molar-refractivity contribution < 1.29 is 4.39 Å². The Morgan fingerprint density at radius 3 is 2.42 bits per heavy atom. The van der Waals surface area contributed by atoms with E-state index in [1.807, 2.05) is 0 Å². The number of hydrogen-bond acceptors (Lipinski definition) is 4. The van der Waals surface area contributed by atoms with Crippen LogP contribution in [0.3, 0.4) is 0 Å². The van der Waals surface area contributed by atoms with Crippen molar-refractivity contribution in [2.75, 3.05) is 32.7 Å². The Morgan fingerprint density at radius 2 is 1.79 bits per heavy atom. The summed E-state index contributed by atoms with van der Waals surface area (Å²) in [6.07, 6.45) is 0. The molecule has 0 N–H and O–H groups in total. The fourth-order valence-corrected chi connectivity index (χ4v) is 2.25. The van der Waals surface area contributed by atoms with Crippen LogP contribution in [0.2, 0.25) is 0 Å². The van der Waals surface area contributed by atoms with Crippen LogP contribution in [0, 0.1) is 28.5 Å². The monoisotopic (exact) mass is 258 g/mol. The van der Waals surface area contributed by atoms with E-state index < -0.39 is 0 Å². The van der Waals surface area contributed by atoms with Crippen LogP contribution < -0.4 is 0 Å². The van der Waals surface area contributed by atoms with Crippen LogP contribution in [-0.2, 0) is 6.54 Å². The molecule has 1 heterocycles. The summed E-state index contributed by atoms with van der Waals surface area (Å²) in [7, 11) is 0. The first-order valence-electron chi connectivity index (χ1n) is 6.23. The van der Waals surface area contributed by atoms with E-state index in [1.165, 1.54) is 18.2 Å². The molecule has 0 spiro atoms. The van der Waals surface area contributed by atoms with Crippen LogP contribution >= 0.6 is 0 Å². The predicted octanol–water partition coefficient (Wildman–Crippen LogP) is 1.34. The zero-order chi connectivity index (χ0) is 13.7. The van der Waals surface area contributed by atoms with Gasteiger partial charge >= 0.3 is 0 Å². The first-order valence-corrected chi connectivity index (χ1v) is 6.23. The highest BCUT2D eigenvalue weighted by Gasteiger charge is 2.17. The molecule has 0 unspecified atom stereocenters. The highest BCUT2D eigenvalue weighted by Crippen LogP contribution is 2.14. The lowest BCUT2D eigenvalue weighted by atomic mass is 10.1. The van der Waals surface area contributed by atoms with Gasteiger partial charge in [-0.05, 0) is 23.8 Å². The number of hydrogen-bond donors (Lipinski definition) is 0.